The number of fused-ring (bicyclic) bond motifs is 5. The number of hydrogen-bond acceptors (Lipinski definition) is 4. The lowest BCUT2D eigenvalue weighted by molar-refractivity contribution is -0.148. The van der Waals surface area contributed by atoms with E-state index in [1.807, 2.05) is 0 Å². The lowest BCUT2D eigenvalue weighted by Crippen LogP contribution is -2.50. The Kier molecular flexibility index (Phi) is 6.13. The van der Waals surface area contributed by atoms with Crippen molar-refractivity contribution >= 4 is 23.4 Å². The van der Waals surface area contributed by atoms with Crippen LogP contribution in [0, 0.1) is 28.6 Å². The molecule has 0 radical (unpaired) electrons. The Bertz CT molecular complexity index is 745. The average molecular weight is 437 g/mol. The molecule has 2 unspecified atom stereocenters. The standard InChI is InChI=1S/C25H37ClO4/c1-4-22(29)30-23(26)21(28)14-16-18-8-7-15-17-6-5-11-24(17,2)12-9-19(15)25(18,3)13-10-20(16)27/h15,17,19,21,23,28H,4-14H2,1-3H3/t15-,17-,19+,21?,23?,24-,25-/m0/s1. The number of carbonyl (C=O) groups excluding carboxylic acids is 2. The molecule has 0 bridgehead atoms. The SMILES string of the molecule is CCC(=O)OC(Cl)C(O)CC1=C2CC[C@@H]3[C@@H](CC[C@]4(C)CCC[C@@H]34)[C@@]2(C)CCC1=O. The average Bonchev–Trinajstić information content (AvgIpc) is 3.12. The van der Waals surface area contributed by atoms with Crippen molar-refractivity contribution in [1.29, 1.82) is 0 Å². The highest BCUT2D eigenvalue weighted by Crippen LogP contribution is 2.65. The van der Waals surface area contributed by atoms with E-state index in [4.69, 9.17) is 16.3 Å². The molecule has 0 amide bonds. The summed E-state index contributed by atoms with van der Waals surface area (Å²) < 4.78 is 5.09. The van der Waals surface area contributed by atoms with Gasteiger partial charge >= 0.3 is 5.97 Å². The zero-order chi connectivity index (χ0) is 21.7. The summed E-state index contributed by atoms with van der Waals surface area (Å²) in [5.41, 5.74) is 1.50. The molecule has 0 aromatic rings. The van der Waals surface area contributed by atoms with Crippen molar-refractivity contribution in [1.82, 2.24) is 0 Å². The maximum atomic E-state index is 12.9. The first-order valence-electron chi connectivity index (χ1n) is 12.0. The zero-order valence-corrected chi connectivity index (χ0v) is 19.5. The van der Waals surface area contributed by atoms with Crippen molar-refractivity contribution in [2.24, 2.45) is 28.6 Å². The van der Waals surface area contributed by atoms with E-state index in [1.54, 1.807) is 6.92 Å². The molecule has 0 aromatic carbocycles. The number of esters is 1. The molecule has 30 heavy (non-hydrogen) atoms. The number of aliphatic hydroxyl groups excluding tert-OH is 1. The summed E-state index contributed by atoms with van der Waals surface area (Å²) in [4.78, 5) is 24.4. The smallest absolute Gasteiger partial charge is 0.307 e. The molecule has 0 aliphatic heterocycles. The Labute approximate surface area is 185 Å². The minimum atomic E-state index is -1.11. The summed E-state index contributed by atoms with van der Waals surface area (Å²) in [5, 5.41) is 10.6. The lowest BCUT2D eigenvalue weighted by atomic mass is 9.47. The fourth-order valence-corrected chi connectivity index (χ4v) is 7.83. The van der Waals surface area contributed by atoms with Gasteiger partial charge in [-0.15, -0.1) is 0 Å². The maximum Gasteiger partial charge on any atom is 0.307 e. The lowest BCUT2D eigenvalue weighted by Gasteiger charge is -2.58. The van der Waals surface area contributed by atoms with Gasteiger partial charge in [0.1, 0.15) is 6.10 Å². The van der Waals surface area contributed by atoms with E-state index in [9.17, 15) is 14.7 Å². The summed E-state index contributed by atoms with van der Waals surface area (Å²) in [6, 6.07) is 0. The number of Topliss-reactive ketones (excluding diaryl/α,β-unsaturated/α-hetero) is 1. The second-order valence-electron chi connectivity index (χ2n) is 10.8. The van der Waals surface area contributed by atoms with E-state index in [2.05, 4.69) is 13.8 Å². The first kappa shape index (κ1) is 22.3. The van der Waals surface area contributed by atoms with Gasteiger partial charge in [0.05, 0.1) is 0 Å². The van der Waals surface area contributed by atoms with E-state index in [-0.39, 0.29) is 24.0 Å². The molecule has 1 N–H and O–H groups in total. The van der Waals surface area contributed by atoms with Gasteiger partial charge in [0.15, 0.2) is 5.78 Å². The molecule has 4 aliphatic carbocycles. The Hall–Kier alpha value is -0.870. The Balaban J connectivity index is 1.58. The minimum Gasteiger partial charge on any atom is -0.443 e. The minimum absolute atomic E-state index is 0.0533. The fourth-order valence-electron chi connectivity index (χ4n) is 7.65. The highest BCUT2D eigenvalue weighted by atomic mass is 35.5. The van der Waals surface area contributed by atoms with Crippen LogP contribution < -0.4 is 0 Å². The van der Waals surface area contributed by atoms with Crippen LogP contribution in [0.1, 0.15) is 91.4 Å². The molecule has 7 atom stereocenters. The number of allylic oxidation sites excluding steroid dienone is 1. The molecule has 4 nitrogen and oxygen atoms in total. The van der Waals surface area contributed by atoms with E-state index < -0.39 is 17.6 Å². The van der Waals surface area contributed by atoms with Crippen LogP contribution in [0.5, 0.6) is 0 Å². The highest BCUT2D eigenvalue weighted by molar-refractivity contribution is 6.20. The molecule has 0 saturated heterocycles. The predicted molar refractivity (Wildman–Crippen MR) is 117 cm³/mol. The molecule has 4 rings (SSSR count). The summed E-state index contributed by atoms with van der Waals surface area (Å²) in [7, 11) is 0. The number of aliphatic hydroxyl groups is 1. The van der Waals surface area contributed by atoms with Crippen LogP contribution in [-0.2, 0) is 14.3 Å². The third kappa shape index (κ3) is 3.66. The van der Waals surface area contributed by atoms with Crippen molar-refractivity contribution in [2.45, 2.75) is 103 Å². The molecule has 168 valence electrons. The molecule has 3 saturated carbocycles. The Morgan fingerprint density at radius 1 is 1.17 bits per heavy atom. The van der Waals surface area contributed by atoms with Crippen molar-refractivity contribution in [3.05, 3.63) is 11.1 Å². The van der Waals surface area contributed by atoms with Crippen molar-refractivity contribution < 1.29 is 19.4 Å². The van der Waals surface area contributed by atoms with Gasteiger partial charge in [-0.2, -0.15) is 0 Å². The van der Waals surface area contributed by atoms with E-state index >= 15 is 0 Å². The number of carbonyl (C=O) groups is 2. The van der Waals surface area contributed by atoms with Crippen LogP contribution >= 0.6 is 11.6 Å². The van der Waals surface area contributed by atoms with Gasteiger partial charge in [-0.3, -0.25) is 9.59 Å². The van der Waals surface area contributed by atoms with Gasteiger partial charge < -0.3 is 9.84 Å². The van der Waals surface area contributed by atoms with E-state index in [1.165, 1.54) is 37.7 Å². The largest absolute Gasteiger partial charge is 0.443 e. The molecular formula is C25H37ClO4. The normalized spacial score (nSPS) is 40.3. The van der Waals surface area contributed by atoms with Gasteiger partial charge in [0, 0.05) is 19.3 Å². The first-order valence-corrected chi connectivity index (χ1v) is 12.4. The van der Waals surface area contributed by atoms with Crippen molar-refractivity contribution in [3.8, 4) is 0 Å². The molecule has 5 heteroatoms. The molecule has 3 fully saturated rings. The van der Waals surface area contributed by atoms with Crippen LogP contribution in [0.2, 0.25) is 0 Å². The molecular weight excluding hydrogens is 400 g/mol. The number of hydrogen-bond donors (Lipinski definition) is 1. The predicted octanol–water partition coefficient (Wildman–Crippen LogP) is 5.55. The fraction of sp³-hybridized carbons (Fsp3) is 0.840. The summed E-state index contributed by atoms with van der Waals surface area (Å²) in [6.45, 7) is 6.58. The van der Waals surface area contributed by atoms with Gasteiger partial charge in [-0.05, 0) is 79.1 Å². The number of rotatable bonds is 5. The molecule has 0 aromatic heterocycles. The Morgan fingerprint density at radius 2 is 1.93 bits per heavy atom. The number of halogens is 1. The van der Waals surface area contributed by atoms with Gasteiger partial charge in [-0.1, -0.05) is 44.4 Å². The van der Waals surface area contributed by atoms with Crippen LogP contribution in [0.15, 0.2) is 11.1 Å². The van der Waals surface area contributed by atoms with Crippen molar-refractivity contribution in [3.63, 3.8) is 0 Å². The van der Waals surface area contributed by atoms with E-state index in [0.717, 1.165) is 36.7 Å². The second kappa shape index (κ2) is 8.24. The molecule has 0 heterocycles. The number of ether oxygens (including phenoxy) is 1. The van der Waals surface area contributed by atoms with Gasteiger partial charge in [0.2, 0.25) is 5.56 Å². The number of alkyl halides is 1. The third-order valence-corrected chi connectivity index (χ3v) is 9.65. The topological polar surface area (TPSA) is 63.6 Å². The van der Waals surface area contributed by atoms with Crippen LogP contribution in [0.4, 0.5) is 0 Å². The quantitative estimate of drug-likeness (QED) is 0.453. The molecule has 4 aliphatic rings. The van der Waals surface area contributed by atoms with Crippen LogP contribution in [-0.4, -0.2) is 28.5 Å². The van der Waals surface area contributed by atoms with Gasteiger partial charge in [-0.25, -0.2) is 0 Å². The monoisotopic (exact) mass is 436 g/mol. The molecule has 0 spiro atoms. The second-order valence-corrected chi connectivity index (χ2v) is 11.2. The zero-order valence-electron chi connectivity index (χ0n) is 18.7. The Morgan fingerprint density at radius 3 is 2.67 bits per heavy atom. The van der Waals surface area contributed by atoms with Crippen LogP contribution in [0.25, 0.3) is 0 Å². The number of ketones is 1. The van der Waals surface area contributed by atoms with Gasteiger partial charge in [0.25, 0.3) is 0 Å². The maximum absolute atomic E-state index is 12.9. The summed E-state index contributed by atoms with van der Waals surface area (Å²) in [6.07, 6.45) is 9.63. The first-order chi connectivity index (χ1) is 14.2. The van der Waals surface area contributed by atoms with Crippen LogP contribution in [0.3, 0.4) is 0 Å². The summed E-state index contributed by atoms with van der Waals surface area (Å²) in [5.74, 6) is 1.95. The highest BCUT2D eigenvalue weighted by Gasteiger charge is 2.57. The van der Waals surface area contributed by atoms with Crippen molar-refractivity contribution in [2.75, 3.05) is 0 Å². The third-order valence-electron chi connectivity index (χ3n) is 9.27. The summed E-state index contributed by atoms with van der Waals surface area (Å²) >= 11 is 6.14. The van der Waals surface area contributed by atoms with E-state index in [0.29, 0.717) is 17.8 Å².